The van der Waals surface area contributed by atoms with Crippen molar-refractivity contribution in [2.24, 2.45) is 5.92 Å². The van der Waals surface area contributed by atoms with Gasteiger partial charge < -0.3 is 14.4 Å². The Morgan fingerprint density at radius 3 is 2.50 bits per heavy atom. The molecule has 1 saturated heterocycles. The number of H-pyrrole nitrogens is 1. The van der Waals surface area contributed by atoms with Crippen LogP contribution in [0.5, 0.6) is 11.5 Å². The first-order valence-corrected chi connectivity index (χ1v) is 10.8. The van der Waals surface area contributed by atoms with E-state index in [1.807, 2.05) is 36.1 Å². The third-order valence-corrected chi connectivity index (χ3v) is 6.10. The van der Waals surface area contributed by atoms with Crippen LogP contribution >= 0.6 is 0 Å². The first-order valence-electron chi connectivity index (χ1n) is 10.8. The Morgan fingerprint density at radius 2 is 1.81 bits per heavy atom. The van der Waals surface area contributed by atoms with Crippen LogP contribution in [0.15, 0.2) is 47.3 Å². The molecule has 0 unspecified atom stereocenters. The fourth-order valence-electron chi connectivity index (χ4n) is 4.28. The first-order chi connectivity index (χ1) is 15.5. The Balaban J connectivity index is 1.43. The number of hydrogen-bond acceptors (Lipinski definition) is 5. The second-order valence-corrected chi connectivity index (χ2v) is 8.08. The number of nitrogens with one attached hydrogen (secondary N) is 1. The van der Waals surface area contributed by atoms with E-state index in [9.17, 15) is 9.59 Å². The molecule has 4 rings (SSSR count). The van der Waals surface area contributed by atoms with Crippen LogP contribution in [-0.4, -0.2) is 52.9 Å². The number of benzene rings is 2. The number of aromatic amines is 1. The van der Waals surface area contributed by atoms with Gasteiger partial charge in [-0.2, -0.15) is 5.10 Å². The Hall–Kier alpha value is -3.55. The summed E-state index contributed by atoms with van der Waals surface area (Å²) in [7, 11) is 3.13. The summed E-state index contributed by atoms with van der Waals surface area (Å²) in [5.41, 5.74) is 2.23. The number of hydrogen-bond donors (Lipinski definition) is 1. The van der Waals surface area contributed by atoms with Crippen LogP contribution in [-0.2, 0) is 6.42 Å². The summed E-state index contributed by atoms with van der Waals surface area (Å²) >= 11 is 0. The van der Waals surface area contributed by atoms with E-state index >= 15 is 0 Å². The summed E-state index contributed by atoms with van der Waals surface area (Å²) in [5.74, 6) is 2.21. The minimum absolute atomic E-state index is 0.0130. The maximum atomic E-state index is 13.0. The zero-order valence-corrected chi connectivity index (χ0v) is 18.6. The molecule has 8 nitrogen and oxygen atoms in total. The molecule has 1 aromatic heterocycles. The van der Waals surface area contributed by atoms with Gasteiger partial charge in [-0.15, -0.1) is 0 Å². The number of likely N-dealkylation sites (tertiary alicyclic amines) is 1. The predicted molar refractivity (Wildman–Crippen MR) is 121 cm³/mol. The van der Waals surface area contributed by atoms with Crippen LogP contribution in [0.4, 0.5) is 0 Å². The van der Waals surface area contributed by atoms with E-state index in [-0.39, 0.29) is 11.6 Å². The molecular formula is C24H28N4O4. The molecule has 1 N–H and O–H groups in total. The molecular weight excluding hydrogens is 408 g/mol. The van der Waals surface area contributed by atoms with Crippen molar-refractivity contribution in [2.75, 3.05) is 27.3 Å². The smallest absolute Gasteiger partial charge is 0.347 e. The summed E-state index contributed by atoms with van der Waals surface area (Å²) in [6.45, 7) is 3.31. The van der Waals surface area contributed by atoms with Gasteiger partial charge in [-0.3, -0.25) is 4.79 Å². The molecule has 3 aromatic rings. The van der Waals surface area contributed by atoms with Gasteiger partial charge in [-0.1, -0.05) is 18.2 Å². The van der Waals surface area contributed by atoms with Crippen molar-refractivity contribution in [3.63, 3.8) is 0 Å². The van der Waals surface area contributed by atoms with Crippen LogP contribution in [0.2, 0.25) is 0 Å². The minimum atomic E-state index is -0.227. The predicted octanol–water partition coefficient (Wildman–Crippen LogP) is 2.98. The van der Waals surface area contributed by atoms with Crippen molar-refractivity contribution in [1.29, 1.82) is 0 Å². The molecule has 1 fully saturated rings. The van der Waals surface area contributed by atoms with Gasteiger partial charge in [0.2, 0.25) is 0 Å². The van der Waals surface area contributed by atoms with Crippen molar-refractivity contribution < 1.29 is 14.3 Å². The number of piperidine rings is 1. The number of para-hydroxylation sites is 1. The first kappa shape index (κ1) is 21.7. The Bertz CT molecular complexity index is 1160. The Kier molecular flexibility index (Phi) is 6.30. The minimum Gasteiger partial charge on any atom is -0.493 e. The number of aromatic nitrogens is 3. The third kappa shape index (κ3) is 4.26. The number of aryl methyl sites for hydroxylation is 1. The number of nitrogens with zero attached hydrogens (tertiary/aromatic N) is 3. The zero-order chi connectivity index (χ0) is 22.7. The number of rotatable bonds is 6. The monoisotopic (exact) mass is 436 g/mol. The molecule has 1 amide bonds. The second kappa shape index (κ2) is 9.30. The lowest BCUT2D eigenvalue weighted by Gasteiger charge is -2.32. The average molecular weight is 437 g/mol. The maximum absolute atomic E-state index is 13.0. The topological polar surface area (TPSA) is 89.5 Å². The molecule has 0 radical (unpaired) electrons. The van der Waals surface area contributed by atoms with Crippen LogP contribution in [0.1, 0.15) is 34.6 Å². The number of ether oxygens (including phenoxy) is 2. The highest BCUT2D eigenvalue weighted by molar-refractivity contribution is 5.95. The highest BCUT2D eigenvalue weighted by Crippen LogP contribution is 2.29. The quantitative estimate of drug-likeness (QED) is 0.642. The van der Waals surface area contributed by atoms with E-state index in [1.165, 1.54) is 0 Å². The van der Waals surface area contributed by atoms with Gasteiger partial charge in [0.05, 0.1) is 19.9 Å². The zero-order valence-electron chi connectivity index (χ0n) is 18.6. The standard InChI is InChI=1S/C24H28N4O4/c1-16-6-4-5-7-19(16)28-22(25-26-24(28)30)14-17-10-12-27(13-11-17)23(29)18-8-9-20(31-2)21(15-18)32-3/h4-9,15,17H,10-14H2,1-3H3,(H,26,30). The Morgan fingerprint density at radius 1 is 1.09 bits per heavy atom. The molecule has 32 heavy (non-hydrogen) atoms. The fraction of sp³-hybridized carbons (Fsp3) is 0.375. The van der Waals surface area contributed by atoms with Gasteiger partial charge >= 0.3 is 5.69 Å². The van der Waals surface area contributed by atoms with Crippen LogP contribution in [0, 0.1) is 12.8 Å². The fourth-order valence-corrected chi connectivity index (χ4v) is 4.28. The van der Waals surface area contributed by atoms with Crippen molar-refractivity contribution in [2.45, 2.75) is 26.2 Å². The highest BCUT2D eigenvalue weighted by Gasteiger charge is 2.26. The van der Waals surface area contributed by atoms with Gasteiger partial charge in [0.25, 0.3) is 5.91 Å². The third-order valence-electron chi connectivity index (χ3n) is 6.10. The van der Waals surface area contributed by atoms with Crippen molar-refractivity contribution in [1.82, 2.24) is 19.7 Å². The van der Waals surface area contributed by atoms with Gasteiger partial charge in [0.15, 0.2) is 11.5 Å². The average Bonchev–Trinajstić information content (AvgIpc) is 3.18. The van der Waals surface area contributed by atoms with Crippen LogP contribution in [0.3, 0.4) is 0 Å². The summed E-state index contributed by atoms with van der Waals surface area (Å²) in [4.78, 5) is 27.3. The van der Waals surface area contributed by atoms with Crippen molar-refractivity contribution >= 4 is 5.91 Å². The van der Waals surface area contributed by atoms with Gasteiger partial charge in [-0.05, 0) is 55.5 Å². The lowest BCUT2D eigenvalue weighted by atomic mass is 9.92. The normalized spacial score (nSPS) is 14.4. The van der Waals surface area contributed by atoms with E-state index in [1.54, 1.807) is 37.0 Å². The van der Waals surface area contributed by atoms with Crippen molar-refractivity contribution in [3.05, 3.63) is 69.9 Å². The molecule has 2 heterocycles. The molecule has 1 aliphatic rings. The molecule has 0 aliphatic carbocycles. The summed E-state index contributed by atoms with van der Waals surface area (Å²) < 4.78 is 12.2. The van der Waals surface area contributed by atoms with Crippen LogP contribution < -0.4 is 15.2 Å². The number of amides is 1. The summed E-state index contributed by atoms with van der Waals surface area (Å²) in [6.07, 6.45) is 2.40. The molecule has 8 heteroatoms. The van der Waals surface area contributed by atoms with Gasteiger partial charge in [0.1, 0.15) is 5.82 Å². The molecule has 0 spiro atoms. The highest BCUT2D eigenvalue weighted by atomic mass is 16.5. The van der Waals surface area contributed by atoms with E-state index in [4.69, 9.17) is 9.47 Å². The molecule has 0 saturated carbocycles. The molecule has 1 aliphatic heterocycles. The van der Waals surface area contributed by atoms with E-state index in [2.05, 4.69) is 10.2 Å². The number of carbonyl (C=O) groups is 1. The largest absolute Gasteiger partial charge is 0.493 e. The van der Waals surface area contributed by atoms with E-state index in [0.717, 1.165) is 29.9 Å². The summed E-state index contributed by atoms with van der Waals surface area (Å²) in [5, 5.41) is 6.88. The van der Waals surface area contributed by atoms with Crippen LogP contribution in [0.25, 0.3) is 5.69 Å². The maximum Gasteiger partial charge on any atom is 0.347 e. The lowest BCUT2D eigenvalue weighted by Crippen LogP contribution is -2.39. The molecule has 0 bridgehead atoms. The summed E-state index contributed by atoms with van der Waals surface area (Å²) in [6, 6.07) is 13.0. The van der Waals surface area contributed by atoms with Gasteiger partial charge in [-0.25, -0.2) is 14.5 Å². The molecule has 2 aromatic carbocycles. The number of methoxy groups -OCH3 is 2. The van der Waals surface area contributed by atoms with E-state index < -0.39 is 0 Å². The lowest BCUT2D eigenvalue weighted by molar-refractivity contribution is 0.0689. The van der Waals surface area contributed by atoms with Gasteiger partial charge in [0, 0.05) is 25.1 Å². The van der Waals surface area contributed by atoms with E-state index in [0.29, 0.717) is 42.5 Å². The molecule has 0 atom stereocenters. The Labute approximate surface area is 186 Å². The van der Waals surface area contributed by atoms with Crippen molar-refractivity contribution in [3.8, 4) is 17.2 Å². The SMILES string of the molecule is COc1ccc(C(=O)N2CCC(Cc3n[nH]c(=O)n3-c3ccccc3C)CC2)cc1OC. The number of carbonyl (C=O) groups excluding carboxylic acids is 1. The molecule has 168 valence electrons. The second-order valence-electron chi connectivity index (χ2n) is 8.08.